The fourth-order valence-corrected chi connectivity index (χ4v) is 4.47. The summed E-state index contributed by atoms with van der Waals surface area (Å²) in [6, 6.07) is 4.38. The highest BCUT2D eigenvalue weighted by Crippen LogP contribution is 2.44. The number of amides is 2. The van der Waals surface area contributed by atoms with Gasteiger partial charge in [-0.25, -0.2) is 4.39 Å². The smallest absolute Gasteiger partial charge is 0.274 e. The van der Waals surface area contributed by atoms with Crippen molar-refractivity contribution in [2.75, 3.05) is 14.2 Å². The molecule has 0 saturated heterocycles. The number of rotatable bonds is 4. The molecule has 2 aromatic rings. The van der Waals surface area contributed by atoms with E-state index in [1.165, 1.54) is 27.8 Å². The molecule has 1 aromatic carbocycles. The summed E-state index contributed by atoms with van der Waals surface area (Å²) in [5.41, 5.74) is -1.81. The van der Waals surface area contributed by atoms with Crippen LogP contribution in [-0.4, -0.2) is 52.2 Å². The fraction of sp³-hybridized carbons (Fsp3) is 0.381. The molecular formula is C21H22Cl2FN3O5. The Morgan fingerprint density at radius 1 is 1.38 bits per heavy atom. The average Bonchev–Trinajstić information content (AvgIpc) is 2.72. The van der Waals surface area contributed by atoms with Gasteiger partial charge < -0.3 is 24.6 Å². The summed E-state index contributed by atoms with van der Waals surface area (Å²) in [6.07, 6.45) is 2.50. The summed E-state index contributed by atoms with van der Waals surface area (Å²) in [5.74, 6) is -2.74. The zero-order chi connectivity index (χ0) is 22.5. The molecule has 32 heavy (non-hydrogen) atoms. The molecule has 2 aliphatic rings. The molecule has 0 atom stereocenters. The Morgan fingerprint density at radius 2 is 2.06 bits per heavy atom. The van der Waals surface area contributed by atoms with E-state index in [-0.39, 0.29) is 46.9 Å². The largest absolute Gasteiger partial charge is 0.503 e. The summed E-state index contributed by atoms with van der Waals surface area (Å²) in [7, 11) is 3.23. The maximum Gasteiger partial charge on any atom is 0.274 e. The van der Waals surface area contributed by atoms with Gasteiger partial charge in [-0.3, -0.25) is 14.4 Å². The number of aromatic nitrogens is 1. The molecule has 1 saturated carbocycles. The van der Waals surface area contributed by atoms with Gasteiger partial charge in [-0.2, -0.15) is 0 Å². The summed E-state index contributed by atoms with van der Waals surface area (Å²) >= 11 is 5.74. The predicted octanol–water partition coefficient (Wildman–Crippen LogP) is 2.33. The monoisotopic (exact) mass is 485 g/mol. The van der Waals surface area contributed by atoms with Crippen molar-refractivity contribution in [3.63, 3.8) is 0 Å². The number of nitrogens with one attached hydrogen (secondary N) is 1. The third kappa shape index (κ3) is 3.74. The van der Waals surface area contributed by atoms with Crippen LogP contribution in [0.25, 0.3) is 0 Å². The zero-order valence-electron chi connectivity index (χ0n) is 17.4. The SMILES string of the molecule is COC1CC2(C1)Cn1cc(C(=O)NCc3cccc(Cl)c3F)c(=O)c(O)c1C(=O)N2C.Cl. The van der Waals surface area contributed by atoms with Gasteiger partial charge in [0, 0.05) is 39.0 Å². The van der Waals surface area contributed by atoms with Crippen molar-refractivity contribution < 1.29 is 23.8 Å². The lowest BCUT2D eigenvalue weighted by molar-refractivity contribution is -0.0848. The number of hydrogen-bond acceptors (Lipinski definition) is 5. The third-order valence-corrected chi connectivity index (χ3v) is 6.50. The van der Waals surface area contributed by atoms with Gasteiger partial charge in [-0.05, 0) is 18.9 Å². The van der Waals surface area contributed by atoms with Crippen molar-refractivity contribution >= 4 is 35.8 Å². The lowest BCUT2D eigenvalue weighted by Crippen LogP contribution is -2.65. The van der Waals surface area contributed by atoms with Crippen LogP contribution in [0.2, 0.25) is 5.02 Å². The van der Waals surface area contributed by atoms with Crippen LogP contribution in [0.4, 0.5) is 4.39 Å². The van der Waals surface area contributed by atoms with E-state index in [0.717, 1.165) is 0 Å². The molecule has 2 N–H and O–H groups in total. The van der Waals surface area contributed by atoms with Gasteiger partial charge in [0.05, 0.1) is 16.7 Å². The standard InChI is InChI=1S/C21H21ClFN3O5.ClH/c1-25-20(30)16-18(28)17(27)13(9-26(16)10-21(25)6-12(7-21)31-2)19(29)24-8-11-4-3-5-14(22)15(11)23;/h3-5,9,12,28H,6-8,10H2,1-2H3,(H,24,29);1H. The number of nitrogens with zero attached hydrogens (tertiary/aromatic N) is 2. The number of fused-ring (bicyclic) bond motifs is 1. The second-order valence-electron chi connectivity index (χ2n) is 7.95. The predicted molar refractivity (Wildman–Crippen MR) is 117 cm³/mol. The maximum absolute atomic E-state index is 14.1. The maximum atomic E-state index is 14.1. The fourth-order valence-electron chi connectivity index (χ4n) is 4.27. The minimum absolute atomic E-state index is 0. The van der Waals surface area contributed by atoms with E-state index in [2.05, 4.69) is 5.32 Å². The molecule has 4 rings (SSSR count). The molecule has 0 bridgehead atoms. The van der Waals surface area contributed by atoms with Crippen molar-refractivity contribution in [3.8, 4) is 5.75 Å². The molecule has 2 heterocycles. The van der Waals surface area contributed by atoms with Gasteiger partial charge in [0.25, 0.3) is 11.8 Å². The Morgan fingerprint density at radius 3 is 2.72 bits per heavy atom. The average molecular weight is 486 g/mol. The molecule has 1 spiro atoms. The van der Waals surface area contributed by atoms with Gasteiger partial charge >= 0.3 is 0 Å². The quantitative estimate of drug-likeness (QED) is 0.691. The number of ether oxygens (including phenoxy) is 1. The van der Waals surface area contributed by atoms with E-state index < -0.39 is 34.3 Å². The second-order valence-corrected chi connectivity index (χ2v) is 8.35. The molecule has 1 fully saturated rings. The summed E-state index contributed by atoms with van der Waals surface area (Å²) in [4.78, 5) is 39.6. The Hall–Kier alpha value is -2.62. The van der Waals surface area contributed by atoms with Crippen LogP contribution < -0.4 is 10.7 Å². The van der Waals surface area contributed by atoms with Crippen molar-refractivity contribution in [1.29, 1.82) is 0 Å². The molecule has 0 radical (unpaired) electrons. The number of pyridine rings is 1. The van der Waals surface area contributed by atoms with Gasteiger partial charge in [-0.15, -0.1) is 12.4 Å². The number of carbonyl (C=O) groups is 2. The third-order valence-electron chi connectivity index (χ3n) is 6.20. The molecule has 8 nitrogen and oxygen atoms in total. The van der Waals surface area contributed by atoms with Crippen LogP contribution in [0.1, 0.15) is 39.3 Å². The lowest BCUT2D eigenvalue weighted by Gasteiger charge is -2.55. The van der Waals surface area contributed by atoms with E-state index in [9.17, 15) is 23.9 Å². The van der Waals surface area contributed by atoms with E-state index in [1.54, 1.807) is 20.2 Å². The highest BCUT2D eigenvalue weighted by atomic mass is 35.5. The van der Waals surface area contributed by atoms with Crippen LogP contribution in [0.3, 0.4) is 0 Å². The summed E-state index contributed by atoms with van der Waals surface area (Å²) in [5, 5.41) is 12.8. The number of carbonyl (C=O) groups excluding carboxylic acids is 2. The minimum atomic E-state index is -0.962. The van der Waals surface area contributed by atoms with Gasteiger partial charge in [0.2, 0.25) is 5.43 Å². The number of benzene rings is 1. The Balaban J connectivity index is 0.00000289. The molecule has 172 valence electrons. The normalized spacial score (nSPS) is 21.6. The highest BCUT2D eigenvalue weighted by molar-refractivity contribution is 6.30. The second kappa shape index (κ2) is 8.73. The Bertz CT molecular complexity index is 1150. The Labute approximate surface area is 194 Å². The van der Waals surface area contributed by atoms with Crippen LogP contribution >= 0.6 is 24.0 Å². The van der Waals surface area contributed by atoms with E-state index in [4.69, 9.17) is 16.3 Å². The molecule has 0 unspecified atom stereocenters. The molecule has 1 aromatic heterocycles. The van der Waals surface area contributed by atoms with Gasteiger partial charge in [0.15, 0.2) is 11.4 Å². The molecular weight excluding hydrogens is 464 g/mol. The number of methoxy groups -OCH3 is 1. The number of likely N-dealkylation sites (N-methyl/N-ethyl adjacent to an activating group) is 1. The Kier molecular flexibility index (Phi) is 6.55. The van der Waals surface area contributed by atoms with Crippen molar-refractivity contribution in [3.05, 3.63) is 62.3 Å². The first kappa shape index (κ1) is 24.0. The number of hydrogen-bond donors (Lipinski definition) is 2. The van der Waals surface area contributed by atoms with Crippen LogP contribution in [0.5, 0.6) is 5.75 Å². The molecule has 1 aliphatic heterocycles. The van der Waals surface area contributed by atoms with Crippen LogP contribution in [0, 0.1) is 5.82 Å². The van der Waals surface area contributed by atoms with Gasteiger partial charge in [0.1, 0.15) is 11.4 Å². The van der Waals surface area contributed by atoms with Crippen molar-refractivity contribution in [2.24, 2.45) is 0 Å². The molecule has 1 aliphatic carbocycles. The van der Waals surface area contributed by atoms with Gasteiger partial charge in [-0.1, -0.05) is 23.7 Å². The van der Waals surface area contributed by atoms with E-state index in [1.807, 2.05) is 0 Å². The molecule has 11 heteroatoms. The van der Waals surface area contributed by atoms with Crippen LogP contribution in [-0.2, 0) is 17.8 Å². The summed E-state index contributed by atoms with van der Waals surface area (Å²) in [6.45, 7) is 0.107. The first-order chi connectivity index (χ1) is 14.7. The lowest BCUT2D eigenvalue weighted by atomic mass is 9.71. The zero-order valence-corrected chi connectivity index (χ0v) is 18.9. The van der Waals surface area contributed by atoms with E-state index in [0.29, 0.717) is 19.4 Å². The van der Waals surface area contributed by atoms with Crippen molar-refractivity contribution in [1.82, 2.24) is 14.8 Å². The highest BCUT2D eigenvalue weighted by Gasteiger charge is 2.53. The van der Waals surface area contributed by atoms with Crippen LogP contribution in [0.15, 0.2) is 29.2 Å². The first-order valence-corrected chi connectivity index (χ1v) is 10.0. The number of aromatic hydroxyl groups is 1. The summed E-state index contributed by atoms with van der Waals surface area (Å²) < 4.78 is 20.8. The first-order valence-electron chi connectivity index (χ1n) is 9.67. The van der Waals surface area contributed by atoms with E-state index >= 15 is 0 Å². The topological polar surface area (TPSA) is 101 Å². The molecule has 2 amide bonds. The minimum Gasteiger partial charge on any atom is -0.503 e. The van der Waals surface area contributed by atoms with Crippen molar-refractivity contribution in [2.45, 2.75) is 37.6 Å². The number of halogens is 3.